The summed E-state index contributed by atoms with van der Waals surface area (Å²) in [6, 6.07) is 10.6. The number of hydrogen-bond acceptors (Lipinski definition) is 5. The van der Waals surface area contributed by atoms with Crippen molar-refractivity contribution >= 4 is 27.4 Å². The van der Waals surface area contributed by atoms with Crippen LogP contribution in [0.25, 0.3) is 0 Å². The summed E-state index contributed by atoms with van der Waals surface area (Å²) in [4.78, 5) is 15.3. The highest BCUT2D eigenvalue weighted by Crippen LogP contribution is 2.22. The molecule has 0 saturated carbocycles. The quantitative estimate of drug-likeness (QED) is 0.625. The summed E-state index contributed by atoms with van der Waals surface area (Å²) < 4.78 is 29.1. The van der Waals surface area contributed by atoms with Crippen molar-refractivity contribution in [3.63, 3.8) is 0 Å². The van der Waals surface area contributed by atoms with Crippen LogP contribution in [0.5, 0.6) is 5.75 Å². The molecule has 0 spiro atoms. The molecule has 1 amide bonds. The molecule has 5 nitrogen and oxygen atoms in total. The van der Waals surface area contributed by atoms with Crippen molar-refractivity contribution in [2.75, 3.05) is 0 Å². The fourth-order valence-corrected chi connectivity index (χ4v) is 3.56. The first-order valence-electron chi connectivity index (χ1n) is 8.61. The van der Waals surface area contributed by atoms with E-state index in [1.807, 2.05) is 42.3 Å². The van der Waals surface area contributed by atoms with Crippen LogP contribution in [-0.2, 0) is 16.7 Å². The Morgan fingerprint density at radius 1 is 1.19 bits per heavy atom. The highest BCUT2D eigenvalue weighted by Gasteiger charge is 2.22. The van der Waals surface area contributed by atoms with Gasteiger partial charge in [0.25, 0.3) is 5.91 Å². The van der Waals surface area contributed by atoms with Crippen molar-refractivity contribution in [1.29, 1.82) is 0 Å². The summed E-state index contributed by atoms with van der Waals surface area (Å²) in [6.45, 7) is 7.58. The van der Waals surface area contributed by atoms with Gasteiger partial charge >= 0.3 is 10.1 Å². The summed E-state index contributed by atoms with van der Waals surface area (Å²) in [5, 5.41) is 1.26. The molecule has 0 aliphatic carbocycles. The Kier molecular flexibility index (Phi) is 6.83. The van der Waals surface area contributed by atoms with Crippen LogP contribution < -0.4 is 4.18 Å². The molecule has 0 aliphatic heterocycles. The lowest BCUT2D eigenvalue weighted by Crippen LogP contribution is -2.37. The molecule has 2 rings (SSSR count). The van der Waals surface area contributed by atoms with Gasteiger partial charge in [-0.3, -0.25) is 4.79 Å². The van der Waals surface area contributed by atoms with E-state index >= 15 is 0 Å². The van der Waals surface area contributed by atoms with Crippen LogP contribution in [0.4, 0.5) is 0 Å². The summed E-state index contributed by atoms with van der Waals surface area (Å²) in [5.74, 6) is 0.249. The van der Waals surface area contributed by atoms with Gasteiger partial charge in [0.05, 0.1) is 10.1 Å². The lowest BCUT2D eigenvalue weighted by Gasteiger charge is -2.28. The van der Waals surface area contributed by atoms with Crippen molar-refractivity contribution in [2.24, 2.45) is 0 Å². The third kappa shape index (κ3) is 5.08. The van der Waals surface area contributed by atoms with Gasteiger partial charge in [0.1, 0.15) is 5.75 Å². The molecule has 0 radical (unpaired) electrons. The third-order valence-corrected chi connectivity index (χ3v) is 6.59. The van der Waals surface area contributed by atoms with Gasteiger partial charge in [-0.25, -0.2) is 0 Å². The molecule has 1 aromatic carbocycles. The van der Waals surface area contributed by atoms with Gasteiger partial charge in [0, 0.05) is 12.6 Å². The first-order chi connectivity index (χ1) is 12.2. The van der Waals surface area contributed by atoms with E-state index in [1.54, 1.807) is 32.0 Å². The van der Waals surface area contributed by atoms with Gasteiger partial charge in [0.15, 0.2) is 0 Å². The second-order valence-corrected chi connectivity index (χ2v) is 9.48. The van der Waals surface area contributed by atoms with E-state index in [0.29, 0.717) is 11.4 Å². The van der Waals surface area contributed by atoms with Gasteiger partial charge in [-0.15, -0.1) is 11.3 Å². The van der Waals surface area contributed by atoms with E-state index in [2.05, 4.69) is 0 Å². The SMILES string of the molecule is CC[C@H](C)N(Cc1cccc(OS(=O)(=O)C(C)C)c1)C(=O)c1cccs1. The predicted octanol–water partition coefficient (Wildman–Crippen LogP) is 4.31. The summed E-state index contributed by atoms with van der Waals surface area (Å²) in [6.07, 6.45) is 0.828. The molecule has 0 bridgehead atoms. The Morgan fingerprint density at radius 2 is 1.92 bits per heavy atom. The molecule has 142 valence electrons. The zero-order valence-electron chi connectivity index (χ0n) is 15.5. The maximum absolute atomic E-state index is 12.8. The van der Waals surface area contributed by atoms with Crippen LogP contribution in [0.2, 0.25) is 0 Å². The average molecular weight is 396 g/mol. The van der Waals surface area contributed by atoms with Gasteiger partial charge in [-0.1, -0.05) is 25.1 Å². The number of thiophene rings is 1. The number of carbonyl (C=O) groups excluding carboxylic acids is 1. The normalized spacial score (nSPS) is 12.8. The Morgan fingerprint density at radius 3 is 2.50 bits per heavy atom. The number of nitrogens with zero attached hydrogens (tertiary/aromatic N) is 1. The first kappa shape index (κ1) is 20.5. The third-order valence-electron chi connectivity index (χ3n) is 4.16. The van der Waals surface area contributed by atoms with Crippen LogP contribution in [0.3, 0.4) is 0 Å². The zero-order valence-corrected chi connectivity index (χ0v) is 17.1. The number of hydrogen-bond donors (Lipinski definition) is 0. The lowest BCUT2D eigenvalue weighted by atomic mass is 10.1. The van der Waals surface area contributed by atoms with Gasteiger partial charge in [-0.05, 0) is 56.3 Å². The van der Waals surface area contributed by atoms with Crippen LogP contribution in [0, 0.1) is 0 Å². The molecule has 0 aliphatic rings. The fourth-order valence-electron chi connectivity index (χ4n) is 2.31. The highest BCUT2D eigenvalue weighted by atomic mass is 32.2. The van der Waals surface area contributed by atoms with E-state index in [1.165, 1.54) is 11.3 Å². The molecule has 7 heteroatoms. The molecule has 1 heterocycles. The topological polar surface area (TPSA) is 63.7 Å². The standard InChI is InChI=1S/C19H25NO4S2/c1-5-15(4)20(19(21)18-10-7-11-25-18)13-16-8-6-9-17(12-16)24-26(22,23)14(2)3/h6-12,14-15H,5,13H2,1-4H3/t15-/m0/s1. The van der Waals surface area contributed by atoms with E-state index < -0.39 is 15.4 Å². The largest absolute Gasteiger partial charge is 0.382 e. The minimum Gasteiger partial charge on any atom is -0.382 e. The first-order valence-corrected chi connectivity index (χ1v) is 11.0. The van der Waals surface area contributed by atoms with Crippen molar-refractivity contribution in [3.8, 4) is 5.75 Å². The fraction of sp³-hybridized carbons (Fsp3) is 0.421. The molecule has 1 aromatic heterocycles. The number of rotatable bonds is 8. The maximum Gasteiger partial charge on any atom is 0.311 e. The van der Waals surface area contributed by atoms with Gasteiger partial charge < -0.3 is 9.08 Å². The van der Waals surface area contributed by atoms with Crippen molar-refractivity contribution < 1.29 is 17.4 Å². The predicted molar refractivity (Wildman–Crippen MR) is 105 cm³/mol. The van der Waals surface area contributed by atoms with Gasteiger partial charge in [0.2, 0.25) is 0 Å². The van der Waals surface area contributed by atoms with Crippen LogP contribution in [-0.4, -0.2) is 30.5 Å². The van der Waals surface area contributed by atoms with Crippen LogP contribution in [0.15, 0.2) is 41.8 Å². The number of amides is 1. The van der Waals surface area contributed by atoms with Gasteiger partial charge in [-0.2, -0.15) is 8.42 Å². The number of carbonyl (C=O) groups is 1. The van der Waals surface area contributed by atoms with Crippen molar-refractivity contribution in [2.45, 2.75) is 52.0 Å². The lowest BCUT2D eigenvalue weighted by molar-refractivity contribution is 0.0676. The Balaban J connectivity index is 2.23. The Bertz CT molecular complexity index is 829. The molecule has 1 atom stereocenters. The average Bonchev–Trinajstić information content (AvgIpc) is 3.13. The highest BCUT2D eigenvalue weighted by molar-refractivity contribution is 7.87. The molecule has 0 N–H and O–H groups in total. The van der Waals surface area contributed by atoms with E-state index in [-0.39, 0.29) is 17.7 Å². The molecular weight excluding hydrogens is 370 g/mol. The summed E-state index contributed by atoms with van der Waals surface area (Å²) >= 11 is 1.42. The molecule has 0 saturated heterocycles. The molecule has 0 unspecified atom stereocenters. The van der Waals surface area contributed by atoms with Crippen LogP contribution in [0.1, 0.15) is 49.4 Å². The van der Waals surface area contributed by atoms with Crippen molar-refractivity contribution in [3.05, 3.63) is 52.2 Å². The Labute approximate surface area is 159 Å². The van der Waals surface area contributed by atoms with Crippen molar-refractivity contribution in [1.82, 2.24) is 4.90 Å². The molecular formula is C19H25NO4S2. The molecule has 2 aromatic rings. The molecule has 26 heavy (non-hydrogen) atoms. The minimum atomic E-state index is -3.65. The second kappa shape index (κ2) is 8.68. The summed E-state index contributed by atoms with van der Waals surface area (Å²) in [7, 11) is -3.65. The Hall–Kier alpha value is -1.86. The second-order valence-electron chi connectivity index (χ2n) is 6.44. The summed E-state index contributed by atoms with van der Waals surface area (Å²) in [5.41, 5.74) is 0.826. The maximum atomic E-state index is 12.8. The smallest absolute Gasteiger partial charge is 0.311 e. The molecule has 0 fully saturated rings. The van der Waals surface area contributed by atoms with E-state index in [9.17, 15) is 13.2 Å². The zero-order chi connectivity index (χ0) is 19.3. The minimum absolute atomic E-state index is 0.0181. The van der Waals surface area contributed by atoms with E-state index in [4.69, 9.17) is 4.18 Å². The van der Waals surface area contributed by atoms with Crippen LogP contribution >= 0.6 is 11.3 Å². The number of benzene rings is 1. The van der Waals surface area contributed by atoms with E-state index in [0.717, 1.165) is 12.0 Å². The monoisotopic (exact) mass is 395 g/mol.